The van der Waals surface area contributed by atoms with Gasteiger partial charge < -0.3 is 14.8 Å². The molecular weight excluding hydrogens is 454 g/mol. The topological polar surface area (TPSA) is 62.3 Å². The first-order valence-electron chi connectivity index (χ1n) is 12.7. The van der Waals surface area contributed by atoms with Crippen molar-refractivity contribution in [3.63, 3.8) is 0 Å². The van der Waals surface area contributed by atoms with Gasteiger partial charge in [-0.3, -0.25) is 0 Å². The summed E-state index contributed by atoms with van der Waals surface area (Å²) in [5.74, 6) is -0.248. The van der Waals surface area contributed by atoms with E-state index in [4.69, 9.17) is 4.74 Å². The van der Waals surface area contributed by atoms with Gasteiger partial charge in [0.25, 0.3) is 0 Å². The quantitative estimate of drug-likeness (QED) is 0.234. The Morgan fingerprint density at radius 2 is 1.86 bits per heavy atom. The van der Waals surface area contributed by atoms with Crippen molar-refractivity contribution in [1.29, 1.82) is 0 Å². The molecule has 4 rings (SSSR count). The number of carbonyl (C=O) groups is 1. The number of aliphatic hydroxyl groups excluding tert-OH is 1. The lowest BCUT2D eigenvalue weighted by Crippen LogP contribution is -2.40. The summed E-state index contributed by atoms with van der Waals surface area (Å²) in [5, 5.41) is 12.3. The van der Waals surface area contributed by atoms with Crippen LogP contribution in [0.4, 0.5) is 0 Å². The van der Waals surface area contributed by atoms with E-state index in [1.54, 1.807) is 0 Å². The molecule has 1 aliphatic rings. The first kappa shape index (κ1) is 25.4. The summed E-state index contributed by atoms with van der Waals surface area (Å²) in [6.45, 7) is 8.66. The lowest BCUT2D eigenvalue weighted by Gasteiger charge is -2.37. The van der Waals surface area contributed by atoms with Gasteiger partial charge in [0, 0.05) is 28.4 Å². The summed E-state index contributed by atoms with van der Waals surface area (Å²) in [6, 6.07) is 16.6. The predicted octanol–water partition coefficient (Wildman–Crippen LogP) is 8.23. The van der Waals surface area contributed by atoms with Gasteiger partial charge >= 0.3 is 5.97 Å². The lowest BCUT2D eigenvalue weighted by atomic mass is 9.84. The number of hydrogen-bond donors (Lipinski definition) is 2. The van der Waals surface area contributed by atoms with E-state index in [9.17, 15) is 9.90 Å². The smallest absolute Gasteiger partial charge is 0.349 e. The van der Waals surface area contributed by atoms with Crippen LogP contribution < -0.4 is 0 Å². The van der Waals surface area contributed by atoms with Gasteiger partial charge in [-0.15, -0.1) is 0 Å². The average molecular weight is 492 g/mol. The second-order valence-electron chi connectivity index (χ2n) is 10.7. The van der Waals surface area contributed by atoms with Gasteiger partial charge in [-0.1, -0.05) is 82.6 Å². The van der Waals surface area contributed by atoms with Gasteiger partial charge in [0.05, 0.1) is 0 Å². The standard InChI is InChI=1S/C30H37NO3S/c1-5-6-10-15-30(16-13-21-11-8-7-9-12-21)20-25(32)27(28(33)34-30)35-26-18-22-14-17-31-24(22)19-23(26)29(2,3)4/h7-9,11-12,14,17-19,31-32H,5-6,10,13,15-16,20H2,1-4H3. The van der Waals surface area contributed by atoms with Crippen LogP contribution in [0.3, 0.4) is 0 Å². The van der Waals surface area contributed by atoms with Crippen LogP contribution >= 0.6 is 11.8 Å². The maximum absolute atomic E-state index is 13.4. The van der Waals surface area contributed by atoms with E-state index in [0.29, 0.717) is 17.7 Å². The van der Waals surface area contributed by atoms with E-state index >= 15 is 0 Å². The van der Waals surface area contributed by atoms with Crippen LogP contribution in [0.2, 0.25) is 0 Å². The highest BCUT2D eigenvalue weighted by molar-refractivity contribution is 8.04. The van der Waals surface area contributed by atoms with Crippen LogP contribution in [0.25, 0.3) is 10.9 Å². The molecule has 1 unspecified atom stereocenters. The monoisotopic (exact) mass is 491 g/mol. The largest absolute Gasteiger partial charge is 0.511 e. The molecule has 0 saturated heterocycles. The molecule has 1 atom stereocenters. The number of aromatic amines is 1. The van der Waals surface area contributed by atoms with E-state index < -0.39 is 11.6 Å². The Morgan fingerprint density at radius 3 is 2.54 bits per heavy atom. The molecule has 186 valence electrons. The van der Waals surface area contributed by atoms with Crippen LogP contribution in [0, 0.1) is 0 Å². The minimum absolute atomic E-state index is 0.115. The van der Waals surface area contributed by atoms with Crippen LogP contribution in [-0.2, 0) is 21.4 Å². The van der Waals surface area contributed by atoms with Gasteiger partial charge in [0.1, 0.15) is 16.3 Å². The van der Waals surface area contributed by atoms with Crippen molar-refractivity contribution in [2.24, 2.45) is 0 Å². The number of fused-ring (bicyclic) bond motifs is 1. The van der Waals surface area contributed by atoms with Crippen LogP contribution in [0.15, 0.2) is 70.3 Å². The fourth-order valence-corrected chi connectivity index (χ4v) is 6.06. The van der Waals surface area contributed by atoms with Crippen molar-refractivity contribution in [3.05, 3.63) is 76.5 Å². The minimum Gasteiger partial charge on any atom is -0.511 e. The molecule has 2 N–H and O–H groups in total. The lowest BCUT2D eigenvalue weighted by molar-refractivity contribution is -0.159. The second kappa shape index (κ2) is 10.5. The zero-order valence-corrected chi connectivity index (χ0v) is 22.1. The third-order valence-corrected chi connectivity index (χ3v) is 8.03. The molecule has 1 aliphatic heterocycles. The van der Waals surface area contributed by atoms with E-state index in [0.717, 1.165) is 53.5 Å². The molecule has 3 aromatic rings. The number of thioether (sulfide) groups is 1. The molecule has 0 fully saturated rings. The number of aryl methyl sites for hydroxylation is 1. The molecule has 35 heavy (non-hydrogen) atoms. The van der Waals surface area contributed by atoms with Crippen LogP contribution in [0.1, 0.15) is 77.3 Å². The summed E-state index contributed by atoms with van der Waals surface area (Å²) < 4.78 is 6.21. The molecule has 2 heterocycles. The van der Waals surface area contributed by atoms with E-state index in [1.165, 1.54) is 17.3 Å². The maximum Gasteiger partial charge on any atom is 0.349 e. The fourth-order valence-electron chi connectivity index (χ4n) is 4.86. The molecule has 0 saturated carbocycles. The Hall–Kier alpha value is -2.66. The van der Waals surface area contributed by atoms with Crippen molar-refractivity contribution in [1.82, 2.24) is 4.98 Å². The van der Waals surface area contributed by atoms with Crippen molar-refractivity contribution in [2.45, 2.75) is 88.6 Å². The number of rotatable bonds is 9. The number of aliphatic hydroxyl groups is 1. The van der Waals surface area contributed by atoms with Gasteiger partial charge in [0.15, 0.2) is 0 Å². The summed E-state index contributed by atoms with van der Waals surface area (Å²) >= 11 is 1.34. The number of carbonyl (C=O) groups excluding carboxylic acids is 1. The molecule has 0 bridgehead atoms. The number of aromatic nitrogens is 1. The Labute approximate surface area is 213 Å². The zero-order chi connectivity index (χ0) is 25.1. The normalized spacial score (nSPS) is 18.8. The van der Waals surface area contributed by atoms with Crippen molar-refractivity contribution < 1.29 is 14.6 Å². The van der Waals surface area contributed by atoms with Crippen molar-refractivity contribution in [2.75, 3.05) is 0 Å². The summed E-state index contributed by atoms with van der Waals surface area (Å²) in [6.07, 6.45) is 7.75. The average Bonchev–Trinajstić information content (AvgIpc) is 3.28. The Kier molecular flexibility index (Phi) is 7.65. The number of cyclic esters (lactones) is 1. The molecule has 0 spiro atoms. The molecular formula is C30H37NO3S. The molecule has 0 radical (unpaired) electrons. The minimum atomic E-state index is -0.659. The van der Waals surface area contributed by atoms with Gasteiger partial charge in [-0.25, -0.2) is 4.79 Å². The molecule has 0 amide bonds. The number of hydrogen-bond acceptors (Lipinski definition) is 4. The van der Waals surface area contributed by atoms with Gasteiger partial charge in [-0.05, 0) is 60.4 Å². The third kappa shape index (κ3) is 5.95. The Balaban J connectivity index is 1.62. The predicted molar refractivity (Wildman–Crippen MR) is 145 cm³/mol. The zero-order valence-electron chi connectivity index (χ0n) is 21.3. The number of nitrogens with one attached hydrogen (secondary N) is 1. The number of unbranched alkanes of at least 4 members (excludes halogenated alkanes) is 2. The fraction of sp³-hybridized carbons (Fsp3) is 0.433. The molecule has 2 aromatic carbocycles. The SMILES string of the molecule is CCCCCC1(CCc2ccccc2)CC(O)=C(Sc2cc3cc[nH]c3cc2C(C)(C)C)C(=O)O1. The van der Waals surface area contributed by atoms with E-state index in [-0.39, 0.29) is 11.2 Å². The second-order valence-corrected chi connectivity index (χ2v) is 11.8. The Morgan fingerprint density at radius 1 is 1.09 bits per heavy atom. The first-order valence-corrected chi connectivity index (χ1v) is 13.5. The van der Waals surface area contributed by atoms with Gasteiger partial charge in [-0.2, -0.15) is 0 Å². The highest BCUT2D eigenvalue weighted by Crippen LogP contribution is 2.45. The first-order chi connectivity index (χ1) is 16.7. The number of esters is 1. The van der Waals surface area contributed by atoms with E-state index in [1.807, 2.05) is 30.5 Å². The molecule has 4 nitrogen and oxygen atoms in total. The van der Waals surface area contributed by atoms with E-state index in [2.05, 4.69) is 56.9 Å². The summed E-state index contributed by atoms with van der Waals surface area (Å²) in [4.78, 5) is 18.0. The van der Waals surface area contributed by atoms with Crippen molar-refractivity contribution >= 4 is 28.6 Å². The third-order valence-electron chi connectivity index (χ3n) is 6.87. The Bertz CT molecular complexity index is 1210. The summed E-state index contributed by atoms with van der Waals surface area (Å²) in [5.41, 5.74) is 2.65. The number of benzene rings is 2. The maximum atomic E-state index is 13.4. The molecule has 0 aliphatic carbocycles. The van der Waals surface area contributed by atoms with Crippen LogP contribution in [0.5, 0.6) is 0 Å². The molecule has 5 heteroatoms. The highest BCUT2D eigenvalue weighted by Gasteiger charge is 2.42. The summed E-state index contributed by atoms with van der Waals surface area (Å²) in [7, 11) is 0. The number of H-pyrrole nitrogens is 1. The van der Waals surface area contributed by atoms with Crippen molar-refractivity contribution in [3.8, 4) is 0 Å². The molecule has 1 aromatic heterocycles. The number of ether oxygens (including phenoxy) is 1. The highest BCUT2D eigenvalue weighted by atomic mass is 32.2. The van der Waals surface area contributed by atoms with Gasteiger partial charge in [0.2, 0.25) is 0 Å². The van der Waals surface area contributed by atoms with Crippen LogP contribution in [-0.4, -0.2) is 21.7 Å².